The van der Waals surface area contributed by atoms with Gasteiger partial charge in [-0.15, -0.1) is 0 Å². The molecule has 4 rings (SSSR count). The van der Waals surface area contributed by atoms with Crippen molar-refractivity contribution in [3.05, 3.63) is 26.3 Å². The van der Waals surface area contributed by atoms with Gasteiger partial charge in [0, 0.05) is 25.0 Å². The van der Waals surface area contributed by atoms with E-state index in [9.17, 15) is 9.59 Å². The molecule has 2 aliphatic rings. The number of hydrogen-bond acceptors (Lipinski definition) is 6. The molecule has 1 atom stereocenters. The summed E-state index contributed by atoms with van der Waals surface area (Å²) in [6, 6.07) is -0.359. The average molecular weight is 439 g/mol. The third-order valence-corrected chi connectivity index (χ3v) is 5.50. The van der Waals surface area contributed by atoms with Gasteiger partial charge in [0.1, 0.15) is 5.60 Å². The standard InChI is InChI=1S/C17H23BrN6O3/c1-5-9-10(12(25)24-14(20-9)21-13(18)22-24)11-17(6-19-7-17)8-23(11)15(26)27-16(2,3)4/h11,19H,5-8H2,1-4H3,(H,20,21,22). The van der Waals surface area contributed by atoms with Crippen LogP contribution in [0.1, 0.15) is 45.0 Å². The van der Waals surface area contributed by atoms with Gasteiger partial charge in [-0.3, -0.25) is 14.8 Å². The number of hydrogen-bond donors (Lipinski definition) is 2. The first kappa shape index (κ1) is 18.4. The number of rotatable bonds is 2. The summed E-state index contributed by atoms with van der Waals surface area (Å²) in [5, 5.41) is 6.14. The normalized spacial score (nSPS) is 21.2. The number of aromatic amines is 1. The lowest BCUT2D eigenvalue weighted by molar-refractivity contribution is -0.109. The van der Waals surface area contributed by atoms with Gasteiger partial charge in [0.2, 0.25) is 0 Å². The number of nitrogens with one attached hydrogen (secondary N) is 2. The Morgan fingerprint density at radius 3 is 2.63 bits per heavy atom. The van der Waals surface area contributed by atoms with Crippen molar-refractivity contribution in [2.75, 3.05) is 19.6 Å². The summed E-state index contributed by atoms with van der Waals surface area (Å²) in [5.74, 6) is 0.316. The Bertz CT molecular complexity index is 971. The van der Waals surface area contributed by atoms with E-state index in [1.807, 2.05) is 27.7 Å². The summed E-state index contributed by atoms with van der Waals surface area (Å²) in [5.41, 5.74) is 0.252. The summed E-state index contributed by atoms with van der Waals surface area (Å²) in [7, 11) is 0. The molecule has 2 saturated heterocycles. The highest BCUT2D eigenvalue weighted by Crippen LogP contribution is 2.51. The van der Waals surface area contributed by atoms with Crippen molar-refractivity contribution in [1.82, 2.24) is 29.8 Å². The van der Waals surface area contributed by atoms with Gasteiger partial charge >= 0.3 is 6.09 Å². The van der Waals surface area contributed by atoms with Crippen LogP contribution in [0.2, 0.25) is 0 Å². The van der Waals surface area contributed by atoms with E-state index in [4.69, 9.17) is 4.74 Å². The van der Waals surface area contributed by atoms with Crippen LogP contribution in [0.25, 0.3) is 5.78 Å². The first-order chi connectivity index (χ1) is 12.6. The lowest BCUT2D eigenvalue weighted by Gasteiger charge is -2.61. The minimum atomic E-state index is -0.596. The second-order valence-electron chi connectivity index (χ2n) is 8.26. The lowest BCUT2D eigenvalue weighted by atomic mass is 9.64. The van der Waals surface area contributed by atoms with Gasteiger partial charge in [0.15, 0.2) is 4.73 Å². The summed E-state index contributed by atoms with van der Waals surface area (Å²) >= 11 is 3.25. The Balaban J connectivity index is 1.82. The highest BCUT2D eigenvalue weighted by Gasteiger charge is 2.60. The fourth-order valence-corrected chi connectivity index (χ4v) is 4.27. The number of H-pyrrole nitrogens is 1. The van der Waals surface area contributed by atoms with Crippen molar-refractivity contribution in [2.24, 2.45) is 5.41 Å². The maximum Gasteiger partial charge on any atom is 0.410 e. The van der Waals surface area contributed by atoms with Gasteiger partial charge in [-0.25, -0.2) is 9.78 Å². The minimum absolute atomic E-state index is 0.146. The van der Waals surface area contributed by atoms with E-state index in [-0.39, 0.29) is 17.0 Å². The fourth-order valence-electron chi connectivity index (χ4n) is 3.93. The molecule has 4 heterocycles. The number of ether oxygens (including phenoxy) is 1. The molecule has 0 aromatic carbocycles. The lowest BCUT2D eigenvalue weighted by Crippen LogP contribution is -2.74. The number of carbonyl (C=O) groups is 1. The van der Waals surface area contributed by atoms with E-state index >= 15 is 0 Å². The summed E-state index contributed by atoms with van der Waals surface area (Å²) in [6.07, 6.45) is 0.177. The number of halogens is 1. The fraction of sp³-hybridized carbons (Fsp3) is 0.647. The average Bonchev–Trinajstić information content (AvgIpc) is 2.86. The Morgan fingerprint density at radius 1 is 1.37 bits per heavy atom. The molecule has 1 amide bonds. The summed E-state index contributed by atoms with van der Waals surface area (Å²) in [6.45, 7) is 9.54. The summed E-state index contributed by atoms with van der Waals surface area (Å²) < 4.78 is 7.33. The molecule has 0 radical (unpaired) electrons. The molecule has 0 aliphatic carbocycles. The van der Waals surface area contributed by atoms with Crippen LogP contribution < -0.4 is 10.9 Å². The molecule has 2 aliphatic heterocycles. The smallest absolute Gasteiger partial charge is 0.410 e. The second kappa shape index (κ2) is 6.03. The van der Waals surface area contributed by atoms with E-state index in [1.165, 1.54) is 4.52 Å². The molecule has 2 N–H and O–H groups in total. The number of fused-ring (bicyclic) bond motifs is 1. The van der Waals surface area contributed by atoms with E-state index < -0.39 is 11.7 Å². The first-order valence-corrected chi connectivity index (χ1v) is 9.82. The van der Waals surface area contributed by atoms with Crippen LogP contribution in [0.4, 0.5) is 4.79 Å². The van der Waals surface area contributed by atoms with Gasteiger partial charge in [0.25, 0.3) is 11.3 Å². The van der Waals surface area contributed by atoms with Crippen LogP contribution in [0.5, 0.6) is 0 Å². The van der Waals surface area contributed by atoms with E-state index in [0.29, 0.717) is 34.7 Å². The predicted octanol–water partition coefficient (Wildman–Crippen LogP) is 1.62. The van der Waals surface area contributed by atoms with Crippen LogP contribution in [0, 0.1) is 5.41 Å². The topological polar surface area (TPSA) is 105 Å². The van der Waals surface area contributed by atoms with Crippen LogP contribution >= 0.6 is 15.9 Å². The van der Waals surface area contributed by atoms with E-state index in [1.54, 1.807) is 4.90 Å². The molecular weight excluding hydrogens is 416 g/mol. The maximum absolute atomic E-state index is 13.3. The second-order valence-corrected chi connectivity index (χ2v) is 9.01. The molecule has 1 spiro atoms. The van der Waals surface area contributed by atoms with Crippen LogP contribution in [-0.4, -0.2) is 55.8 Å². The molecule has 0 saturated carbocycles. The van der Waals surface area contributed by atoms with Crippen molar-refractivity contribution < 1.29 is 9.53 Å². The summed E-state index contributed by atoms with van der Waals surface area (Å²) in [4.78, 5) is 36.4. The molecule has 2 fully saturated rings. The molecule has 2 aromatic rings. The molecule has 10 heteroatoms. The van der Waals surface area contributed by atoms with Crippen molar-refractivity contribution in [3.63, 3.8) is 0 Å². The Kier molecular flexibility index (Phi) is 4.12. The zero-order valence-corrected chi connectivity index (χ0v) is 17.4. The molecule has 0 bridgehead atoms. The third kappa shape index (κ3) is 2.85. The van der Waals surface area contributed by atoms with E-state index in [2.05, 4.69) is 36.3 Å². The van der Waals surface area contributed by atoms with Gasteiger partial charge in [-0.2, -0.15) is 9.50 Å². The minimum Gasteiger partial charge on any atom is -0.444 e. The highest BCUT2D eigenvalue weighted by molar-refractivity contribution is 9.10. The first-order valence-electron chi connectivity index (χ1n) is 9.02. The molecular formula is C17H23BrN6O3. The Hall–Kier alpha value is -1.94. The number of likely N-dealkylation sites (tertiary alicyclic amines) is 1. The van der Waals surface area contributed by atoms with Gasteiger partial charge in [-0.1, -0.05) is 6.92 Å². The number of aryl methyl sites for hydroxylation is 1. The largest absolute Gasteiger partial charge is 0.444 e. The molecule has 27 heavy (non-hydrogen) atoms. The van der Waals surface area contributed by atoms with Crippen molar-refractivity contribution in [3.8, 4) is 0 Å². The molecule has 9 nitrogen and oxygen atoms in total. The Morgan fingerprint density at radius 2 is 2.07 bits per heavy atom. The monoisotopic (exact) mass is 438 g/mol. The van der Waals surface area contributed by atoms with Gasteiger partial charge in [0.05, 0.1) is 17.3 Å². The molecule has 1 unspecified atom stereocenters. The van der Waals surface area contributed by atoms with Crippen LogP contribution in [-0.2, 0) is 11.2 Å². The van der Waals surface area contributed by atoms with Crippen molar-refractivity contribution >= 4 is 27.8 Å². The van der Waals surface area contributed by atoms with Gasteiger partial charge in [-0.05, 0) is 43.1 Å². The maximum atomic E-state index is 13.3. The van der Waals surface area contributed by atoms with Crippen molar-refractivity contribution in [2.45, 2.75) is 45.8 Å². The third-order valence-electron chi connectivity index (χ3n) is 5.15. The van der Waals surface area contributed by atoms with E-state index in [0.717, 1.165) is 13.1 Å². The number of carbonyl (C=O) groups excluding carboxylic acids is 1. The quantitative estimate of drug-likeness (QED) is 0.737. The zero-order chi connectivity index (χ0) is 19.6. The molecule has 146 valence electrons. The highest BCUT2D eigenvalue weighted by atomic mass is 79.9. The van der Waals surface area contributed by atoms with Crippen molar-refractivity contribution in [1.29, 1.82) is 0 Å². The number of aromatic nitrogens is 4. The van der Waals surface area contributed by atoms with Gasteiger partial charge < -0.3 is 10.1 Å². The van der Waals surface area contributed by atoms with Crippen LogP contribution in [0.15, 0.2) is 9.53 Å². The Labute approximate surface area is 164 Å². The van der Waals surface area contributed by atoms with Crippen LogP contribution in [0.3, 0.4) is 0 Å². The number of amides is 1. The number of nitrogens with zero attached hydrogens (tertiary/aromatic N) is 4. The SMILES string of the molecule is CCc1nc2nc(Br)[nH]n2c(=O)c1C1N(C(=O)OC(C)(C)C)CC12CNC2. The molecule has 2 aromatic heterocycles. The predicted molar refractivity (Wildman–Crippen MR) is 102 cm³/mol. The zero-order valence-electron chi connectivity index (χ0n) is 15.8.